The van der Waals surface area contributed by atoms with E-state index in [0.717, 1.165) is 12.0 Å². The first-order chi connectivity index (χ1) is 12.4. The summed E-state index contributed by atoms with van der Waals surface area (Å²) in [6.07, 6.45) is 6.11. The van der Waals surface area contributed by atoms with Crippen LogP contribution in [0.15, 0.2) is 42.5 Å². The predicted octanol–water partition coefficient (Wildman–Crippen LogP) is 6.00. The molecular formula is C24H30O2. The molecule has 0 spiro atoms. The number of rotatable bonds is 3. The monoisotopic (exact) mass is 350 g/mol. The van der Waals surface area contributed by atoms with Crippen LogP contribution in [0.5, 0.6) is 11.5 Å². The number of benzene rings is 2. The van der Waals surface area contributed by atoms with Crippen LogP contribution in [0.1, 0.15) is 63.1 Å². The Morgan fingerprint density at radius 3 is 2.62 bits per heavy atom. The fourth-order valence-corrected chi connectivity index (χ4v) is 5.65. The lowest BCUT2D eigenvalue weighted by Crippen LogP contribution is -2.47. The van der Waals surface area contributed by atoms with Crippen molar-refractivity contribution in [3.05, 3.63) is 59.2 Å². The van der Waals surface area contributed by atoms with Gasteiger partial charge in [-0.2, -0.15) is 0 Å². The minimum atomic E-state index is 0.188. The molecule has 138 valence electrons. The molecule has 0 unspecified atom stereocenters. The normalized spacial score (nSPS) is 26.7. The Bertz CT molecular complexity index is 793. The zero-order chi connectivity index (χ0) is 18.4. The van der Waals surface area contributed by atoms with Gasteiger partial charge in [-0.3, -0.25) is 0 Å². The topological polar surface area (TPSA) is 29.5 Å². The van der Waals surface area contributed by atoms with E-state index < -0.39 is 0 Å². The number of ether oxygens (including phenoxy) is 1. The van der Waals surface area contributed by atoms with Crippen LogP contribution in [-0.2, 0) is 18.4 Å². The summed E-state index contributed by atoms with van der Waals surface area (Å²) in [5, 5.41) is 10.5. The van der Waals surface area contributed by atoms with Crippen molar-refractivity contribution in [2.24, 2.45) is 11.3 Å². The molecule has 2 nitrogen and oxygen atoms in total. The molecular weight excluding hydrogens is 320 g/mol. The number of phenolic OH excluding ortho intramolecular Hbond substituents is 1. The molecule has 0 amide bonds. The third-order valence-corrected chi connectivity index (χ3v) is 6.97. The van der Waals surface area contributed by atoms with Gasteiger partial charge in [0.2, 0.25) is 0 Å². The summed E-state index contributed by atoms with van der Waals surface area (Å²) >= 11 is 0. The molecule has 2 heteroatoms. The van der Waals surface area contributed by atoms with E-state index in [1.54, 1.807) is 0 Å². The second-order valence-electron chi connectivity index (χ2n) is 9.10. The quantitative estimate of drug-likeness (QED) is 0.735. The van der Waals surface area contributed by atoms with E-state index in [9.17, 15) is 5.11 Å². The number of phenols is 1. The van der Waals surface area contributed by atoms with Gasteiger partial charge in [-0.25, -0.2) is 0 Å². The first-order valence-electron chi connectivity index (χ1n) is 9.93. The largest absolute Gasteiger partial charge is 0.504 e. The van der Waals surface area contributed by atoms with Crippen molar-refractivity contribution < 1.29 is 9.84 Å². The highest BCUT2D eigenvalue weighted by Crippen LogP contribution is 2.58. The Morgan fingerprint density at radius 2 is 1.85 bits per heavy atom. The molecule has 2 aromatic rings. The van der Waals surface area contributed by atoms with Crippen LogP contribution < -0.4 is 4.74 Å². The Morgan fingerprint density at radius 1 is 1.08 bits per heavy atom. The molecule has 0 aromatic heterocycles. The molecule has 0 radical (unpaired) electrons. The van der Waals surface area contributed by atoms with E-state index in [4.69, 9.17) is 4.74 Å². The average molecular weight is 351 g/mol. The van der Waals surface area contributed by atoms with Gasteiger partial charge in [0, 0.05) is 0 Å². The van der Waals surface area contributed by atoms with E-state index in [-0.39, 0.29) is 11.2 Å². The SMILES string of the molecule is CC1(C)CCC[C@]2(C)c3cc(OCc4ccccc4)c(O)cc3CC[C@@H]12. The number of fused-ring (bicyclic) bond motifs is 3. The zero-order valence-electron chi connectivity index (χ0n) is 16.2. The fourth-order valence-electron chi connectivity index (χ4n) is 5.65. The molecule has 4 rings (SSSR count). The van der Waals surface area contributed by atoms with E-state index in [1.807, 2.05) is 24.3 Å². The Hall–Kier alpha value is -1.96. The molecule has 2 atom stereocenters. The van der Waals surface area contributed by atoms with Gasteiger partial charge in [-0.15, -0.1) is 0 Å². The predicted molar refractivity (Wildman–Crippen MR) is 106 cm³/mol. The van der Waals surface area contributed by atoms with Gasteiger partial charge in [0.15, 0.2) is 11.5 Å². The third kappa shape index (κ3) is 2.90. The van der Waals surface area contributed by atoms with Crippen LogP contribution in [0.25, 0.3) is 0 Å². The van der Waals surface area contributed by atoms with Crippen molar-refractivity contribution in [2.45, 2.75) is 64.9 Å². The highest BCUT2D eigenvalue weighted by molar-refractivity contribution is 5.51. The summed E-state index contributed by atoms with van der Waals surface area (Å²) in [5.41, 5.74) is 4.41. The maximum absolute atomic E-state index is 10.5. The van der Waals surface area contributed by atoms with Gasteiger partial charge in [0.05, 0.1) is 0 Å². The van der Waals surface area contributed by atoms with Gasteiger partial charge in [0.1, 0.15) is 6.61 Å². The molecule has 2 aliphatic carbocycles. The van der Waals surface area contributed by atoms with E-state index >= 15 is 0 Å². The molecule has 1 saturated carbocycles. The molecule has 0 heterocycles. The van der Waals surface area contributed by atoms with Crippen LogP contribution in [0, 0.1) is 11.3 Å². The average Bonchev–Trinajstić information content (AvgIpc) is 2.60. The minimum Gasteiger partial charge on any atom is -0.504 e. The van der Waals surface area contributed by atoms with Crippen molar-refractivity contribution in [2.75, 3.05) is 0 Å². The standard InChI is InChI=1S/C24H30O2/c1-23(2)12-7-13-24(3)19-15-21(26-16-17-8-5-4-6-9-17)20(25)14-18(19)10-11-22(23)24/h4-6,8-9,14-15,22,25H,7,10-13,16H2,1-3H3/t22-,24+/m0/s1. The summed E-state index contributed by atoms with van der Waals surface area (Å²) in [6.45, 7) is 7.80. The number of aryl methyl sites for hydroxylation is 1. The van der Waals surface area contributed by atoms with E-state index in [2.05, 4.69) is 39.0 Å². The highest BCUT2D eigenvalue weighted by atomic mass is 16.5. The van der Waals surface area contributed by atoms with Crippen molar-refractivity contribution in [3.63, 3.8) is 0 Å². The second-order valence-corrected chi connectivity index (χ2v) is 9.10. The van der Waals surface area contributed by atoms with Crippen LogP contribution >= 0.6 is 0 Å². The van der Waals surface area contributed by atoms with Gasteiger partial charge in [-0.1, -0.05) is 57.5 Å². The Labute approximate surface area is 157 Å². The summed E-state index contributed by atoms with van der Waals surface area (Å²) < 4.78 is 6.02. The minimum absolute atomic E-state index is 0.188. The summed E-state index contributed by atoms with van der Waals surface area (Å²) in [5.74, 6) is 1.59. The molecule has 0 bridgehead atoms. The number of hydrogen-bond acceptors (Lipinski definition) is 2. The Kier molecular flexibility index (Phi) is 4.25. The third-order valence-electron chi connectivity index (χ3n) is 6.97. The molecule has 1 N–H and O–H groups in total. The lowest BCUT2D eigenvalue weighted by atomic mass is 9.50. The Balaban J connectivity index is 1.67. The van der Waals surface area contributed by atoms with Gasteiger partial charge in [0.25, 0.3) is 0 Å². The second kappa shape index (κ2) is 6.33. The summed E-state index contributed by atoms with van der Waals surface area (Å²) in [6, 6.07) is 14.2. The molecule has 2 aliphatic rings. The highest BCUT2D eigenvalue weighted by Gasteiger charge is 2.49. The molecule has 0 aliphatic heterocycles. The first kappa shape index (κ1) is 17.5. The van der Waals surface area contributed by atoms with Crippen LogP contribution in [0.2, 0.25) is 0 Å². The van der Waals surface area contributed by atoms with Crippen LogP contribution in [0.4, 0.5) is 0 Å². The first-order valence-corrected chi connectivity index (χ1v) is 9.93. The van der Waals surface area contributed by atoms with Gasteiger partial charge in [-0.05, 0) is 71.3 Å². The smallest absolute Gasteiger partial charge is 0.161 e. The zero-order valence-corrected chi connectivity index (χ0v) is 16.2. The molecule has 0 saturated heterocycles. The van der Waals surface area contributed by atoms with Crippen molar-refractivity contribution in [3.8, 4) is 11.5 Å². The lowest BCUT2D eigenvalue weighted by molar-refractivity contribution is 0.0404. The van der Waals surface area contributed by atoms with Gasteiger partial charge >= 0.3 is 0 Å². The van der Waals surface area contributed by atoms with Gasteiger partial charge < -0.3 is 9.84 Å². The van der Waals surface area contributed by atoms with Crippen LogP contribution in [-0.4, -0.2) is 5.11 Å². The number of aromatic hydroxyl groups is 1. The van der Waals surface area contributed by atoms with E-state index in [1.165, 1.54) is 36.8 Å². The summed E-state index contributed by atoms with van der Waals surface area (Å²) in [4.78, 5) is 0. The molecule has 2 aromatic carbocycles. The van der Waals surface area contributed by atoms with Crippen molar-refractivity contribution in [1.82, 2.24) is 0 Å². The fraction of sp³-hybridized carbons (Fsp3) is 0.500. The summed E-state index contributed by atoms with van der Waals surface area (Å²) in [7, 11) is 0. The maximum atomic E-state index is 10.5. The van der Waals surface area contributed by atoms with Crippen molar-refractivity contribution >= 4 is 0 Å². The molecule has 26 heavy (non-hydrogen) atoms. The lowest BCUT2D eigenvalue weighted by Gasteiger charge is -2.54. The van der Waals surface area contributed by atoms with Crippen LogP contribution in [0.3, 0.4) is 0 Å². The maximum Gasteiger partial charge on any atom is 0.161 e. The van der Waals surface area contributed by atoms with E-state index in [0.29, 0.717) is 23.7 Å². The van der Waals surface area contributed by atoms with Crippen molar-refractivity contribution in [1.29, 1.82) is 0 Å². The number of hydrogen-bond donors (Lipinski definition) is 1. The molecule has 1 fully saturated rings.